The Morgan fingerprint density at radius 2 is 1.94 bits per heavy atom. The Labute approximate surface area is 208 Å². The lowest BCUT2D eigenvalue weighted by Crippen LogP contribution is -2.35. The monoisotopic (exact) mass is 497 g/mol. The SMILES string of the molecule is CC(C(=O)Nc1cc(C2CC2)n(C(=O)OC(C)(C)C)n1)n1ccc(C2=CCCN(C(=O)O)C2)cc1=O. The number of nitrogens with zero attached hydrogens (tertiary/aromatic N) is 4. The summed E-state index contributed by atoms with van der Waals surface area (Å²) >= 11 is 0. The Kier molecular flexibility index (Phi) is 6.75. The molecule has 0 spiro atoms. The number of carboxylic acid groups (broad SMARTS) is 1. The third-order valence-electron chi connectivity index (χ3n) is 6.09. The average Bonchev–Trinajstić information content (AvgIpc) is 3.57. The summed E-state index contributed by atoms with van der Waals surface area (Å²) in [5, 5.41) is 16.2. The van der Waals surface area contributed by atoms with Gasteiger partial charge in [0.1, 0.15) is 11.6 Å². The second kappa shape index (κ2) is 9.63. The summed E-state index contributed by atoms with van der Waals surface area (Å²) in [6.07, 6.45) is 4.27. The fourth-order valence-electron chi connectivity index (χ4n) is 4.06. The van der Waals surface area contributed by atoms with E-state index in [1.165, 1.54) is 26.4 Å². The minimum Gasteiger partial charge on any atom is -0.465 e. The highest BCUT2D eigenvalue weighted by molar-refractivity contribution is 5.93. The molecule has 1 aliphatic heterocycles. The van der Waals surface area contributed by atoms with Crippen molar-refractivity contribution in [2.75, 3.05) is 18.4 Å². The maximum Gasteiger partial charge on any atom is 0.435 e. The molecule has 1 unspecified atom stereocenters. The minimum atomic E-state index is -1.00. The lowest BCUT2D eigenvalue weighted by Gasteiger charge is -2.25. The third kappa shape index (κ3) is 5.67. The molecule has 192 valence electrons. The summed E-state index contributed by atoms with van der Waals surface area (Å²) < 4.78 is 7.93. The van der Waals surface area contributed by atoms with Crippen molar-refractivity contribution in [1.82, 2.24) is 19.2 Å². The van der Waals surface area contributed by atoms with Crippen molar-refractivity contribution in [3.8, 4) is 0 Å². The molecule has 3 heterocycles. The maximum atomic E-state index is 13.0. The smallest absolute Gasteiger partial charge is 0.435 e. The Bertz CT molecular complexity index is 1280. The molecule has 2 aromatic rings. The molecular weight excluding hydrogens is 466 g/mol. The lowest BCUT2D eigenvalue weighted by molar-refractivity contribution is -0.118. The van der Waals surface area contributed by atoms with Crippen LogP contribution in [0, 0.1) is 0 Å². The van der Waals surface area contributed by atoms with Gasteiger partial charge in [-0.1, -0.05) is 6.08 Å². The van der Waals surface area contributed by atoms with Crippen LogP contribution in [-0.2, 0) is 9.53 Å². The van der Waals surface area contributed by atoms with Gasteiger partial charge in [0.25, 0.3) is 5.56 Å². The van der Waals surface area contributed by atoms with E-state index >= 15 is 0 Å². The molecule has 11 heteroatoms. The van der Waals surface area contributed by atoms with E-state index in [0.717, 1.165) is 18.4 Å². The molecule has 4 rings (SSSR count). The van der Waals surface area contributed by atoms with Crippen LogP contribution in [-0.4, -0.2) is 61.1 Å². The van der Waals surface area contributed by atoms with E-state index in [2.05, 4.69) is 10.4 Å². The summed E-state index contributed by atoms with van der Waals surface area (Å²) in [7, 11) is 0. The van der Waals surface area contributed by atoms with Crippen LogP contribution < -0.4 is 10.9 Å². The van der Waals surface area contributed by atoms with Gasteiger partial charge in [-0.2, -0.15) is 4.68 Å². The first-order valence-electron chi connectivity index (χ1n) is 12.0. The van der Waals surface area contributed by atoms with Gasteiger partial charge in [-0.25, -0.2) is 9.59 Å². The number of carbonyl (C=O) groups is 3. The summed E-state index contributed by atoms with van der Waals surface area (Å²) in [6.45, 7) is 7.52. The maximum absolute atomic E-state index is 13.0. The van der Waals surface area contributed by atoms with Gasteiger partial charge in [0.2, 0.25) is 5.91 Å². The molecule has 0 saturated heterocycles. The lowest BCUT2D eigenvalue weighted by atomic mass is 10.0. The minimum absolute atomic E-state index is 0.189. The van der Waals surface area contributed by atoms with Crippen LogP contribution in [0.2, 0.25) is 0 Å². The number of nitrogens with one attached hydrogen (secondary N) is 1. The summed E-state index contributed by atoms with van der Waals surface area (Å²) in [5.74, 6) is -0.0604. The van der Waals surface area contributed by atoms with Crippen LogP contribution in [0.4, 0.5) is 15.4 Å². The molecule has 1 fully saturated rings. The van der Waals surface area contributed by atoms with E-state index in [-0.39, 0.29) is 23.8 Å². The number of aromatic nitrogens is 3. The zero-order valence-electron chi connectivity index (χ0n) is 20.9. The summed E-state index contributed by atoms with van der Waals surface area (Å²) in [4.78, 5) is 51.0. The van der Waals surface area contributed by atoms with Gasteiger partial charge in [-0.05, 0) is 64.2 Å². The predicted molar refractivity (Wildman–Crippen MR) is 132 cm³/mol. The molecule has 1 saturated carbocycles. The van der Waals surface area contributed by atoms with E-state index in [4.69, 9.17) is 4.74 Å². The second-order valence-electron chi connectivity index (χ2n) is 10.2. The van der Waals surface area contributed by atoms with Crippen LogP contribution in [0.1, 0.15) is 70.2 Å². The second-order valence-corrected chi connectivity index (χ2v) is 10.2. The van der Waals surface area contributed by atoms with E-state index in [9.17, 15) is 24.3 Å². The van der Waals surface area contributed by atoms with Gasteiger partial charge in [0.05, 0.1) is 5.69 Å². The van der Waals surface area contributed by atoms with Crippen LogP contribution in [0.15, 0.2) is 35.3 Å². The topological polar surface area (TPSA) is 136 Å². The zero-order chi connectivity index (χ0) is 26.2. The number of hydrogen-bond donors (Lipinski definition) is 2. The van der Waals surface area contributed by atoms with Crippen LogP contribution in [0.25, 0.3) is 5.57 Å². The van der Waals surface area contributed by atoms with E-state index in [1.807, 2.05) is 6.08 Å². The predicted octanol–water partition coefficient (Wildman–Crippen LogP) is 3.67. The van der Waals surface area contributed by atoms with Gasteiger partial charge in [-0.3, -0.25) is 9.59 Å². The molecule has 2 aliphatic rings. The van der Waals surface area contributed by atoms with Crippen molar-refractivity contribution in [3.63, 3.8) is 0 Å². The molecule has 0 bridgehead atoms. The Morgan fingerprint density at radius 1 is 1.22 bits per heavy atom. The van der Waals surface area contributed by atoms with Crippen molar-refractivity contribution >= 4 is 29.5 Å². The number of hydrogen-bond acceptors (Lipinski definition) is 6. The fraction of sp³-hybridized carbons (Fsp3) is 0.480. The number of pyridine rings is 1. The van der Waals surface area contributed by atoms with Gasteiger partial charge >= 0.3 is 12.2 Å². The van der Waals surface area contributed by atoms with Gasteiger partial charge < -0.3 is 24.6 Å². The Balaban J connectivity index is 1.49. The third-order valence-corrected chi connectivity index (χ3v) is 6.09. The van der Waals surface area contributed by atoms with Crippen molar-refractivity contribution in [2.45, 2.75) is 64.5 Å². The van der Waals surface area contributed by atoms with Gasteiger partial charge in [0, 0.05) is 37.3 Å². The molecule has 2 amide bonds. The highest BCUT2D eigenvalue weighted by Crippen LogP contribution is 2.41. The highest BCUT2D eigenvalue weighted by atomic mass is 16.6. The van der Waals surface area contributed by atoms with Crippen LogP contribution >= 0.6 is 0 Å². The number of ether oxygens (including phenoxy) is 1. The van der Waals surface area contributed by atoms with Crippen molar-refractivity contribution in [1.29, 1.82) is 0 Å². The number of rotatable bonds is 5. The first kappa shape index (κ1) is 25.2. The van der Waals surface area contributed by atoms with Crippen LogP contribution in [0.3, 0.4) is 0 Å². The molecule has 2 aromatic heterocycles. The first-order chi connectivity index (χ1) is 16.9. The van der Waals surface area contributed by atoms with E-state index in [0.29, 0.717) is 24.2 Å². The quantitative estimate of drug-likeness (QED) is 0.643. The number of carbonyl (C=O) groups excluding carboxylic acids is 2. The summed E-state index contributed by atoms with van der Waals surface area (Å²) in [6, 6.07) is 3.93. The first-order valence-corrected chi connectivity index (χ1v) is 12.0. The molecular formula is C25H31N5O6. The zero-order valence-corrected chi connectivity index (χ0v) is 20.9. The number of anilines is 1. The fourth-order valence-corrected chi connectivity index (χ4v) is 4.06. The largest absolute Gasteiger partial charge is 0.465 e. The highest BCUT2D eigenvalue weighted by Gasteiger charge is 2.32. The van der Waals surface area contributed by atoms with E-state index < -0.39 is 29.7 Å². The molecule has 0 radical (unpaired) electrons. The standard InChI is InChI=1S/C25H31N5O6/c1-15(29-11-9-17(12-21(29)31)18-6-5-10-28(14-18)23(33)34)22(32)26-20-13-19(16-7-8-16)30(27-20)24(35)36-25(2,3)4/h6,9,11-13,15-16H,5,7-8,10,14H2,1-4H3,(H,33,34)(H,26,27,32). The molecule has 11 nitrogen and oxygen atoms in total. The molecule has 36 heavy (non-hydrogen) atoms. The van der Waals surface area contributed by atoms with Crippen LogP contribution in [0.5, 0.6) is 0 Å². The van der Waals surface area contributed by atoms with Gasteiger partial charge in [0.15, 0.2) is 5.82 Å². The van der Waals surface area contributed by atoms with Crippen molar-refractivity contribution in [3.05, 3.63) is 52.1 Å². The van der Waals surface area contributed by atoms with E-state index in [1.54, 1.807) is 39.8 Å². The summed E-state index contributed by atoms with van der Waals surface area (Å²) in [5.41, 5.74) is 0.992. The molecule has 1 atom stereocenters. The van der Waals surface area contributed by atoms with Gasteiger partial charge in [-0.15, -0.1) is 5.10 Å². The van der Waals surface area contributed by atoms with Crippen molar-refractivity contribution in [2.24, 2.45) is 0 Å². The Hall–Kier alpha value is -3.89. The van der Waals surface area contributed by atoms with Crippen molar-refractivity contribution < 1.29 is 24.2 Å². The average molecular weight is 498 g/mol. The molecule has 0 aromatic carbocycles. The number of amides is 2. The Morgan fingerprint density at radius 3 is 2.56 bits per heavy atom. The normalized spacial score (nSPS) is 16.8. The molecule has 2 N–H and O–H groups in total. The molecule has 1 aliphatic carbocycles.